The van der Waals surface area contributed by atoms with Gasteiger partial charge in [-0.1, -0.05) is 6.07 Å². The number of amides is 2. The van der Waals surface area contributed by atoms with Crippen LogP contribution in [0.3, 0.4) is 0 Å². The molecule has 0 bridgehead atoms. The van der Waals surface area contributed by atoms with Crippen LogP contribution in [-0.4, -0.2) is 52.3 Å². The highest BCUT2D eigenvalue weighted by Crippen LogP contribution is 2.29. The molecule has 0 atom stereocenters. The van der Waals surface area contributed by atoms with Crippen LogP contribution in [0.1, 0.15) is 23.2 Å². The van der Waals surface area contributed by atoms with Crippen LogP contribution < -0.4 is 15.0 Å². The molecule has 0 aromatic heterocycles. The minimum absolute atomic E-state index is 0.0382. The maximum Gasteiger partial charge on any atom is 0.255 e. The first kappa shape index (κ1) is 20.8. The predicted octanol–water partition coefficient (Wildman–Crippen LogP) is 2.32. The molecule has 0 saturated carbocycles. The summed E-state index contributed by atoms with van der Waals surface area (Å²) in [6.45, 7) is 0.633. The number of ether oxygens (including phenoxy) is 1. The molecule has 9 heteroatoms. The molecule has 29 heavy (non-hydrogen) atoms. The Bertz CT molecular complexity index is 1050. The van der Waals surface area contributed by atoms with Gasteiger partial charge in [-0.2, -0.15) is 0 Å². The van der Waals surface area contributed by atoms with E-state index >= 15 is 0 Å². The van der Waals surface area contributed by atoms with Crippen molar-refractivity contribution in [2.75, 3.05) is 38.0 Å². The molecule has 2 aromatic carbocycles. The maximum absolute atomic E-state index is 12.7. The lowest BCUT2D eigenvalue weighted by molar-refractivity contribution is -0.117. The molecule has 0 unspecified atom stereocenters. The lowest BCUT2D eigenvalue weighted by Gasteiger charge is -2.17. The van der Waals surface area contributed by atoms with Crippen molar-refractivity contribution >= 4 is 33.2 Å². The number of rotatable bonds is 6. The number of nitrogens with one attached hydrogen (secondary N) is 1. The average Bonchev–Trinajstić information content (AvgIpc) is 3.13. The summed E-state index contributed by atoms with van der Waals surface area (Å²) in [6.07, 6.45) is 1.30. The third-order valence-corrected chi connectivity index (χ3v) is 6.51. The number of benzene rings is 2. The first-order valence-corrected chi connectivity index (χ1v) is 10.5. The van der Waals surface area contributed by atoms with Crippen LogP contribution in [-0.2, 0) is 14.8 Å². The van der Waals surface area contributed by atoms with E-state index in [0.717, 1.165) is 10.7 Å². The van der Waals surface area contributed by atoms with Gasteiger partial charge in [-0.25, -0.2) is 12.7 Å². The summed E-state index contributed by atoms with van der Waals surface area (Å²) >= 11 is 0. The molecule has 8 nitrogen and oxygen atoms in total. The predicted molar refractivity (Wildman–Crippen MR) is 110 cm³/mol. The van der Waals surface area contributed by atoms with Crippen molar-refractivity contribution in [3.8, 4) is 5.75 Å². The first-order valence-electron chi connectivity index (χ1n) is 9.06. The second kappa shape index (κ2) is 8.22. The largest absolute Gasteiger partial charge is 0.495 e. The molecule has 1 saturated heterocycles. The minimum Gasteiger partial charge on any atom is -0.495 e. The molecular formula is C20H23N3O5S. The minimum atomic E-state index is -3.75. The van der Waals surface area contributed by atoms with E-state index in [4.69, 9.17) is 4.74 Å². The van der Waals surface area contributed by atoms with Gasteiger partial charge in [0.05, 0.1) is 7.11 Å². The Morgan fingerprint density at radius 3 is 2.55 bits per heavy atom. The SMILES string of the molecule is COc1ccc(NC(=O)c2cccc(N3CCCC3=O)c2)cc1S(=O)(=O)N(C)C. The number of carbonyl (C=O) groups excluding carboxylic acids is 2. The van der Waals surface area contributed by atoms with Gasteiger partial charge in [0.15, 0.2) is 0 Å². The highest BCUT2D eigenvalue weighted by Gasteiger charge is 2.24. The van der Waals surface area contributed by atoms with E-state index in [1.54, 1.807) is 35.2 Å². The van der Waals surface area contributed by atoms with E-state index in [1.807, 2.05) is 0 Å². The fourth-order valence-corrected chi connectivity index (χ4v) is 4.17. The Balaban J connectivity index is 1.87. The van der Waals surface area contributed by atoms with Crippen LogP contribution in [0, 0.1) is 0 Å². The van der Waals surface area contributed by atoms with Gasteiger partial charge < -0.3 is 15.0 Å². The number of carbonyl (C=O) groups is 2. The van der Waals surface area contributed by atoms with Crippen LogP contribution in [0.2, 0.25) is 0 Å². The second-order valence-electron chi connectivity index (χ2n) is 6.81. The summed E-state index contributed by atoms with van der Waals surface area (Å²) in [5, 5.41) is 2.71. The fourth-order valence-electron chi connectivity index (χ4n) is 3.09. The second-order valence-corrected chi connectivity index (χ2v) is 8.93. The summed E-state index contributed by atoms with van der Waals surface area (Å²) < 4.78 is 31.3. The lowest BCUT2D eigenvalue weighted by atomic mass is 10.1. The monoisotopic (exact) mass is 417 g/mol. The smallest absolute Gasteiger partial charge is 0.255 e. The van der Waals surface area contributed by atoms with Crippen molar-refractivity contribution in [2.45, 2.75) is 17.7 Å². The Kier molecular flexibility index (Phi) is 5.90. The molecule has 3 rings (SSSR count). The molecule has 1 fully saturated rings. The number of nitrogens with zero attached hydrogens (tertiary/aromatic N) is 2. The van der Waals surface area contributed by atoms with Gasteiger partial charge in [0, 0.05) is 44.0 Å². The van der Waals surface area contributed by atoms with Gasteiger partial charge in [-0.05, 0) is 42.8 Å². The zero-order valence-electron chi connectivity index (χ0n) is 16.5. The Morgan fingerprint density at radius 2 is 1.93 bits per heavy atom. The van der Waals surface area contributed by atoms with Crippen molar-refractivity contribution in [3.05, 3.63) is 48.0 Å². The molecule has 1 N–H and O–H groups in total. The summed E-state index contributed by atoms with van der Waals surface area (Å²) in [7, 11) is 0.472. The zero-order chi connectivity index (χ0) is 21.2. The molecule has 0 spiro atoms. The van der Waals surface area contributed by atoms with E-state index in [9.17, 15) is 18.0 Å². The Hall–Kier alpha value is -2.91. The molecule has 1 heterocycles. The molecule has 1 aliphatic heterocycles. The average molecular weight is 417 g/mol. The molecule has 1 aliphatic rings. The van der Waals surface area contributed by atoms with Gasteiger partial charge in [0.2, 0.25) is 15.9 Å². The van der Waals surface area contributed by atoms with Crippen LogP contribution in [0.25, 0.3) is 0 Å². The molecule has 0 aliphatic carbocycles. The highest BCUT2D eigenvalue weighted by atomic mass is 32.2. The van der Waals surface area contributed by atoms with Crippen molar-refractivity contribution in [3.63, 3.8) is 0 Å². The highest BCUT2D eigenvalue weighted by molar-refractivity contribution is 7.89. The molecule has 154 valence electrons. The summed E-state index contributed by atoms with van der Waals surface area (Å²) in [4.78, 5) is 26.3. The Labute approximate surface area is 170 Å². The number of sulfonamides is 1. The number of methoxy groups -OCH3 is 1. The van der Waals surface area contributed by atoms with Gasteiger partial charge in [-0.15, -0.1) is 0 Å². The van der Waals surface area contributed by atoms with E-state index in [2.05, 4.69) is 5.32 Å². The topological polar surface area (TPSA) is 96.0 Å². The van der Waals surface area contributed by atoms with Crippen LogP contribution in [0.15, 0.2) is 47.4 Å². The third-order valence-electron chi connectivity index (χ3n) is 4.67. The van der Waals surface area contributed by atoms with Gasteiger partial charge in [0.25, 0.3) is 5.91 Å². The third kappa shape index (κ3) is 4.25. The van der Waals surface area contributed by atoms with Crippen molar-refractivity contribution in [1.29, 1.82) is 0 Å². The number of anilines is 2. The van der Waals surface area contributed by atoms with Gasteiger partial charge in [-0.3, -0.25) is 9.59 Å². The van der Waals surface area contributed by atoms with Crippen LogP contribution in [0.5, 0.6) is 5.75 Å². The summed E-state index contributed by atoms with van der Waals surface area (Å²) in [5.74, 6) is -0.181. The van der Waals surface area contributed by atoms with Gasteiger partial charge in [0.1, 0.15) is 10.6 Å². The normalized spacial score (nSPS) is 14.3. The molecular weight excluding hydrogens is 394 g/mol. The Morgan fingerprint density at radius 1 is 1.17 bits per heavy atom. The van der Waals surface area contributed by atoms with Crippen molar-refractivity contribution in [1.82, 2.24) is 4.31 Å². The van der Waals surface area contributed by atoms with Crippen LogP contribution >= 0.6 is 0 Å². The summed E-state index contributed by atoms with van der Waals surface area (Å²) in [5.41, 5.74) is 1.36. The first-order chi connectivity index (χ1) is 13.7. The summed E-state index contributed by atoms with van der Waals surface area (Å²) in [6, 6.07) is 11.2. The van der Waals surface area contributed by atoms with E-state index < -0.39 is 15.9 Å². The van der Waals surface area contributed by atoms with E-state index in [1.165, 1.54) is 33.3 Å². The van der Waals surface area contributed by atoms with Crippen molar-refractivity contribution in [2.24, 2.45) is 0 Å². The van der Waals surface area contributed by atoms with Gasteiger partial charge >= 0.3 is 0 Å². The maximum atomic E-state index is 12.7. The lowest BCUT2D eigenvalue weighted by Crippen LogP contribution is -2.24. The molecule has 2 aromatic rings. The van der Waals surface area contributed by atoms with E-state index in [-0.39, 0.29) is 16.6 Å². The molecule has 2 amide bonds. The quantitative estimate of drug-likeness (QED) is 0.778. The number of hydrogen-bond acceptors (Lipinski definition) is 5. The zero-order valence-corrected chi connectivity index (χ0v) is 17.3. The standard InChI is InChI=1S/C20H23N3O5S/c1-22(2)29(26,27)18-13-15(9-10-17(18)28-3)21-20(25)14-6-4-7-16(12-14)23-11-5-8-19(23)24/h4,6-7,9-10,12-13H,5,8,11H2,1-3H3,(H,21,25). The fraction of sp³-hybridized carbons (Fsp3) is 0.300. The molecule has 0 radical (unpaired) electrons. The van der Waals surface area contributed by atoms with Crippen molar-refractivity contribution < 1.29 is 22.7 Å². The van der Waals surface area contributed by atoms with E-state index in [0.29, 0.717) is 29.9 Å². The van der Waals surface area contributed by atoms with Crippen LogP contribution in [0.4, 0.5) is 11.4 Å². The number of hydrogen-bond donors (Lipinski definition) is 1.